The van der Waals surface area contributed by atoms with E-state index in [1.54, 1.807) is 0 Å². The molecule has 10 atom stereocenters. The molecule has 4 unspecified atom stereocenters. The molecule has 5 fully saturated rings. The van der Waals surface area contributed by atoms with Crippen molar-refractivity contribution in [3.8, 4) is 0 Å². The van der Waals surface area contributed by atoms with Gasteiger partial charge in [-0.05, 0) is 97.0 Å². The molecule has 0 radical (unpaired) electrons. The zero-order valence-electron chi connectivity index (χ0n) is 25.9. The highest BCUT2D eigenvalue weighted by Crippen LogP contribution is 2.69. The van der Waals surface area contributed by atoms with Crippen LogP contribution in [0.4, 0.5) is 0 Å². The molecule has 1 heterocycles. The van der Waals surface area contributed by atoms with Gasteiger partial charge in [0.1, 0.15) is 6.10 Å². The predicted octanol–water partition coefficient (Wildman–Crippen LogP) is 7.43. The molecule has 1 aromatic rings. The SMILES string of the molecule is CC(C)[C@H](O)C=CC(C)[C@H]1CCC2C3C(CC[C@@]21C)[C@@]1(C)CCC2(C[C@@H]1C[C@H]3OC(=O)c1ccccc1)OCCO2. The summed E-state index contributed by atoms with van der Waals surface area (Å²) in [7, 11) is 0. The van der Waals surface area contributed by atoms with Crippen LogP contribution < -0.4 is 0 Å². The van der Waals surface area contributed by atoms with Gasteiger partial charge in [0.25, 0.3) is 0 Å². The minimum Gasteiger partial charge on any atom is -0.458 e. The summed E-state index contributed by atoms with van der Waals surface area (Å²) in [6.45, 7) is 12.9. The number of benzene rings is 1. The van der Waals surface area contributed by atoms with E-state index in [0.717, 1.165) is 25.7 Å². The second-order valence-electron chi connectivity index (χ2n) is 15.1. The fourth-order valence-corrected chi connectivity index (χ4v) is 10.4. The molecule has 226 valence electrons. The number of ether oxygens (including phenoxy) is 3. The van der Waals surface area contributed by atoms with E-state index in [9.17, 15) is 9.90 Å². The van der Waals surface area contributed by atoms with Crippen molar-refractivity contribution in [1.29, 1.82) is 0 Å². The van der Waals surface area contributed by atoms with E-state index in [0.29, 0.717) is 54.3 Å². The Labute approximate surface area is 247 Å². The summed E-state index contributed by atoms with van der Waals surface area (Å²) in [5, 5.41) is 10.4. The summed E-state index contributed by atoms with van der Waals surface area (Å²) in [6, 6.07) is 9.53. The Morgan fingerprint density at radius 3 is 2.37 bits per heavy atom. The molecule has 5 nitrogen and oxygen atoms in total. The minimum absolute atomic E-state index is 0.0840. The van der Waals surface area contributed by atoms with Crippen LogP contribution in [-0.4, -0.2) is 42.3 Å². The van der Waals surface area contributed by atoms with E-state index in [1.807, 2.05) is 36.4 Å². The van der Waals surface area contributed by atoms with E-state index < -0.39 is 11.9 Å². The van der Waals surface area contributed by atoms with Crippen LogP contribution >= 0.6 is 0 Å². The first kappa shape index (κ1) is 29.4. The first-order valence-electron chi connectivity index (χ1n) is 16.5. The molecule has 1 N–H and O–H groups in total. The number of esters is 1. The maximum absolute atomic E-state index is 13.5. The number of aliphatic hydroxyl groups excluding tert-OH is 1. The molecule has 5 aliphatic rings. The lowest BCUT2D eigenvalue weighted by molar-refractivity contribution is -0.242. The highest BCUT2D eigenvalue weighted by Gasteiger charge is 2.65. The molecular weight excluding hydrogens is 512 g/mol. The first-order valence-corrected chi connectivity index (χ1v) is 16.5. The Hall–Kier alpha value is -1.69. The summed E-state index contributed by atoms with van der Waals surface area (Å²) in [6.07, 6.45) is 12.6. The van der Waals surface area contributed by atoms with Crippen molar-refractivity contribution in [2.45, 2.75) is 104 Å². The molecule has 0 amide bonds. The molecule has 41 heavy (non-hydrogen) atoms. The van der Waals surface area contributed by atoms with Gasteiger partial charge in [-0.3, -0.25) is 0 Å². The van der Waals surface area contributed by atoms with Gasteiger partial charge < -0.3 is 19.3 Å². The molecule has 1 spiro atoms. The molecule has 0 aromatic heterocycles. The predicted molar refractivity (Wildman–Crippen MR) is 160 cm³/mol. The van der Waals surface area contributed by atoms with E-state index in [4.69, 9.17) is 14.2 Å². The molecule has 1 saturated heterocycles. The van der Waals surface area contributed by atoms with E-state index in [2.05, 4.69) is 40.7 Å². The average molecular weight is 565 g/mol. The summed E-state index contributed by atoms with van der Waals surface area (Å²) >= 11 is 0. The van der Waals surface area contributed by atoms with Crippen molar-refractivity contribution in [2.24, 2.45) is 52.3 Å². The Balaban J connectivity index is 1.30. The third-order valence-corrected chi connectivity index (χ3v) is 12.7. The zero-order valence-corrected chi connectivity index (χ0v) is 25.9. The maximum atomic E-state index is 13.5. The monoisotopic (exact) mass is 564 g/mol. The topological polar surface area (TPSA) is 65.0 Å². The Morgan fingerprint density at radius 2 is 1.66 bits per heavy atom. The van der Waals surface area contributed by atoms with Gasteiger partial charge in [0, 0.05) is 18.8 Å². The van der Waals surface area contributed by atoms with Gasteiger partial charge in [-0.2, -0.15) is 0 Å². The smallest absolute Gasteiger partial charge is 0.338 e. The van der Waals surface area contributed by atoms with Crippen LogP contribution in [0.25, 0.3) is 0 Å². The molecule has 4 aliphatic carbocycles. The van der Waals surface area contributed by atoms with Gasteiger partial charge in [-0.25, -0.2) is 4.79 Å². The van der Waals surface area contributed by atoms with E-state index in [-0.39, 0.29) is 28.8 Å². The van der Waals surface area contributed by atoms with Crippen LogP contribution in [0.3, 0.4) is 0 Å². The fraction of sp³-hybridized carbons (Fsp3) is 0.750. The second-order valence-corrected chi connectivity index (χ2v) is 15.1. The van der Waals surface area contributed by atoms with Crippen molar-refractivity contribution >= 4 is 5.97 Å². The normalized spacial score (nSPS) is 41.1. The van der Waals surface area contributed by atoms with Crippen LogP contribution in [0.5, 0.6) is 0 Å². The number of allylic oxidation sites excluding steroid dienone is 1. The molecule has 5 heteroatoms. The lowest BCUT2D eigenvalue weighted by atomic mass is 9.43. The van der Waals surface area contributed by atoms with Gasteiger partial charge in [0.15, 0.2) is 5.79 Å². The Bertz CT molecular complexity index is 1110. The van der Waals surface area contributed by atoms with Crippen LogP contribution in [-0.2, 0) is 14.2 Å². The van der Waals surface area contributed by atoms with Crippen LogP contribution in [0, 0.1) is 52.3 Å². The Morgan fingerprint density at radius 1 is 0.951 bits per heavy atom. The number of aliphatic hydroxyl groups is 1. The van der Waals surface area contributed by atoms with Gasteiger partial charge in [0.2, 0.25) is 0 Å². The van der Waals surface area contributed by atoms with Crippen molar-refractivity contribution in [1.82, 2.24) is 0 Å². The van der Waals surface area contributed by atoms with Gasteiger partial charge >= 0.3 is 5.97 Å². The highest BCUT2D eigenvalue weighted by molar-refractivity contribution is 5.89. The lowest BCUT2D eigenvalue weighted by Gasteiger charge is -2.63. The number of rotatable bonds is 6. The van der Waals surface area contributed by atoms with Crippen LogP contribution in [0.2, 0.25) is 0 Å². The highest BCUT2D eigenvalue weighted by atomic mass is 16.7. The van der Waals surface area contributed by atoms with Gasteiger partial charge in [-0.1, -0.05) is 65.0 Å². The molecule has 0 bridgehead atoms. The lowest BCUT2D eigenvalue weighted by Crippen LogP contribution is -2.60. The molecule has 4 saturated carbocycles. The van der Waals surface area contributed by atoms with Crippen LogP contribution in [0.1, 0.15) is 96.3 Å². The fourth-order valence-electron chi connectivity index (χ4n) is 10.4. The van der Waals surface area contributed by atoms with Gasteiger partial charge in [-0.15, -0.1) is 0 Å². The van der Waals surface area contributed by atoms with Crippen molar-refractivity contribution in [3.05, 3.63) is 48.0 Å². The van der Waals surface area contributed by atoms with Crippen molar-refractivity contribution in [2.75, 3.05) is 13.2 Å². The van der Waals surface area contributed by atoms with Gasteiger partial charge in [0.05, 0.1) is 24.9 Å². The number of fused-ring (bicyclic) bond motifs is 5. The molecule has 1 aliphatic heterocycles. The third kappa shape index (κ3) is 5.12. The van der Waals surface area contributed by atoms with E-state index >= 15 is 0 Å². The largest absolute Gasteiger partial charge is 0.458 e. The molecule has 6 rings (SSSR count). The quantitative estimate of drug-likeness (QED) is 0.287. The average Bonchev–Trinajstić information content (AvgIpc) is 3.56. The first-order chi connectivity index (χ1) is 19.6. The standard InChI is InChI=1S/C36H52O5/c1-23(2)30(37)14-11-24(3)27-12-13-28-32-29(15-16-35(27,28)5)34(4)17-18-36(39-19-20-40-36)22-26(34)21-31(32)41-33(38)25-9-7-6-8-10-25/h6-11,14,23-24,26-32,37H,12-13,15-22H2,1-5H3/t24?,26-,27+,28?,29?,30+,31+,32?,34-,35+/m0/s1. The molecular formula is C36H52O5. The minimum atomic E-state index is -0.436. The maximum Gasteiger partial charge on any atom is 0.338 e. The summed E-state index contributed by atoms with van der Waals surface area (Å²) < 4.78 is 19.0. The van der Waals surface area contributed by atoms with Crippen molar-refractivity contribution in [3.63, 3.8) is 0 Å². The number of hydrogen-bond acceptors (Lipinski definition) is 5. The Kier molecular flexibility index (Phi) is 7.96. The van der Waals surface area contributed by atoms with E-state index in [1.165, 1.54) is 25.7 Å². The second kappa shape index (κ2) is 11.1. The number of carbonyl (C=O) groups is 1. The number of hydrogen-bond donors (Lipinski definition) is 1. The summed E-state index contributed by atoms with van der Waals surface area (Å²) in [4.78, 5) is 13.5. The summed E-state index contributed by atoms with van der Waals surface area (Å²) in [5.41, 5.74) is 1.07. The zero-order chi connectivity index (χ0) is 29.0. The third-order valence-electron chi connectivity index (χ3n) is 12.7. The molecule has 1 aromatic carbocycles. The van der Waals surface area contributed by atoms with Crippen molar-refractivity contribution < 1.29 is 24.1 Å². The summed E-state index contributed by atoms with van der Waals surface area (Å²) in [5.74, 6) is 2.49. The van der Waals surface area contributed by atoms with Crippen LogP contribution in [0.15, 0.2) is 42.5 Å². The number of carbonyl (C=O) groups excluding carboxylic acids is 1.